The summed E-state index contributed by atoms with van der Waals surface area (Å²) in [5.74, 6) is 0. The van der Waals surface area contributed by atoms with E-state index < -0.39 is 0 Å². The number of hydrogen-bond donors (Lipinski definition) is 1. The van der Waals surface area contributed by atoms with Gasteiger partial charge in [-0.2, -0.15) is 5.26 Å². The lowest BCUT2D eigenvalue weighted by Crippen LogP contribution is -2.19. The number of pyridine rings is 1. The number of rotatable bonds is 5. The molecule has 3 aromatic rings. The maximum Gasteiger partial charge on any atom is 0.0998 e. The molecule has 0 saturated heterocycles. The van der Waals surface area contributed by atoms with E-state index in [4.69, 9.17) is 5.26 Å². The molecule has 0 aliphatic carbocycles. The van der Waals surface area contributed by atoms with Crippen molar-refractivity contribution in [2.45, 2.75) is 13.1 Å². The fourth-order valence-corrected chi connectivity index (χ4v) is 2.43. The molecular formula is C17H16N4. The minimum absolute atomic E-state index is 0.729. The Morgan fingerprint density at radius 3 is 2.90 bits per heavy atom. The van der Waals surface area contributed by atoms with Gasteiger partial charge in [-0.25, -0.2) is 0 Å². The molecule has 2 heterocycles. The van der Waals surface area contributed by atoms with Gasteiger partial charge in [0, 0.05) is 42.9 Å². The second-order valence-electron chi connectivity index (χ2n) is 4.86. The van der Waals surface area contributed by atoms with Crippen LogP contribution in [-0.4, -0.2) is 16.1 Å². The van der Waals surface area contributed by atoms with Crippen molar-refractivity contribution < 1.29 is 0 Å². The van der Waals surface area contributed by atoms with Crippen LogP contribution in [0.4, 0.5) is 0 Å². The first-order chi connectivity index (χ1) is 10.4. The number of benzene rings is 1. The number of hydrogen-bond acceptors (Lipinski definition) is 3. The number of aromatic nitrogens is 2. The Balaban J connectivity index is 1.63. The second kappa shape index (κ2) is 6.21. The maximum absolute atomic E-state index is 9.11. The molecule has 0 aliphatic heterocycles. The Hall–Kier alpha value is -2.64. The van der Waals surface area contributed by atoms with E-state index in [9.17, 15) is 0 Å². The van der Waals surface area contributed by atoms with Crippen molar-refractivity contribution in [2.24, 2.45) is 0 Å². The van der Waals surface area contributed by atoms with Crippen LogP contribution in [-0.2, 0) is 13.1 Å². The summed E-state index contributed by atoms with van der Waals surface area (Å²) in [5, 5.41) is 13.5. The van der Waals surface area contributed by atoms with Gasteiger partial charge in [0.2, 0.25) is 0 Å². The SMILES string of the molecule is N#Cc1cccc2c1ccn2CCNCc1ccccn1. The summed E-state index contributed by atoms with van der Waals surface area (Å²) in [7, 11) is 0. The van der Waals surface area contributed by atoms with Crippen molar-refractivity contribution in [1.82, 2.24) is 14.9 Å². The van der Waals surface area contributed by atoms with Gasteiger partial charge in [0.1, 0.15) is 0 Å². The summed E-state index contributed by atoms with van der Waals surface area (Å²) in [6.07, 6.45) is 3.84. The number of nitriles is 1. The molecule has 0 bridgehead atoms. The lowest BCUT2D eigenvalue weighted by atomic mass is 10.1. The van der Waals surface area contributed by atoms with Crippen molar-refractivity contribution in [3.8, 4) is 6.07 Å². The van der Waals surface area contributed by atoms with Gasteiger partial charge in [-0.15, -0.1) is 0 Å². The minimum atomic E-state index is 0.729. The molecule has 1 N–H and O–H groups in total. The third-order valence-corrected chi connectivity index (χ3v) is 3.50. The van der Waals surface area contributed by atoms with Gasteiger partial charge in [0.25, 0.3) is 0 Å². The molecule has 0 radical (unpaired) electrons. The molecule has 0 fully saturated rings. The molecular weight excluding hydrogens is 260 g/mol. The molecule has 2 aromatic heterocycles. The van der Waals surface area contributed by atoms with Crippen LogP contribution in [0.1, 0.15) is 11.3 Å². The van der Waals surface area contributed by atoms with Crippen LogP contribution in [0.2, 0.25) is 0 Å². The van der Waals surface area contributed by atoms with Gasteiger partial charge >= 0.3 is 0 Å². The standard InChI is InChI=1S/C17H16N4/c18-12-14-4-3-6-17-16(14)7-10-21(17)11-9-19-13-15-5-1-2-8-20-15/h1-8,10,19H,9,11,13H2. The first-order valence-corrected chi connectivity index (χ1v) is 6.97. The molecule has 1 aromatic carbocycles. The van der Waals surface area contributed by atoms with E-state index in [0.717, 1.165) is 41.8 Å². The van der Waals surface area contributed by atoms with E-state index in [1.807, 2.05) is 42.6 Å². The van der Waals surface area contributed by atoms with Crippen LogP contribution in [0.25, 0.3) is 10.9 Å². The highest BCUT2D eigenvalue weighted by atomic mass is 15.0. The Bertz CT molecular complexity index is 768. The monoisotopic (exact) mass is 276 g/mol. The average Bonchev–Trinajstić information content (AvgIpc) is 2.96. The highest BCUT2D eigenvalue weighted by molar-refractivity contribution is 5.85. The molecule has 104 valence electrons. The summed E-state index contributed by atoms with van der Waals surface area (Å²) in [6, 6.07) is 16.0. The molecule has 0 spiro atoms. The summed E-state index contributed by atoms with van der Waals surface area (Å²) in [5.41, 5.74) is 2.88. The van der Waals surface area contributed by atoms with Gasteiger partial charge in [-0.3, -0.25) is 4.98 Å². The zero-order chi connectivity index (χ0) is 14.5. The van der Waals surface area contributed by atoms with Gasteiger partial charge in [-0.05, 0) is 30.3 Å². The largest absolute Gasteiger partial charge is 0.346 e. The molecule has 3 rings (SSSR count). The lowest BCUT2D eigenvalue weighted by Gasteiger charge is -2.07. The van der Waals surface area contributed by atoms with Gasteiger partial charge < -0.3 is 9.88 Å². The molecule has 0 atom stereocenters. The summed E-state index contributed by atoms with van der Waals surface area (Å²) < 4.78 is 2.17. The predicted molar refractivity (Wildman–Crippen MR) is 82.6 cm³/mol. The number of fused-ring (bicyclic) bond motifs is 1. The van der Waals surface area contributed by atoms with Gasteiger partial charge in [0.05, 0.1) is 17.3 Å². The molecule has 4 nitrogen and oxygen atoms in total. The van der Waals surface area contributed by atoms with Crippen LogP contribution in [0.5, 0.6) is 0 Å². The van der Waals surface area contributed by atoms with E-state index >= 15 is 0 Å². The van der Waals surface area contributed by atoms with Crippen molar-refractivity contribution >= 4 is 10.9 Å². The average molecular weight is 276 g/mol. The quantitative estimate of drug-likeness (QED) is 0.729. The van der Waals surface area contributed by atoms with E-state index in [1.54, 1.807) is 6.20 Å². The Labute approximate surface area is 123 Å². The predicted octanol–water partition coefficient (Wildman–Crippen LogP) is 2.70. The fourth-order valence-electron chi connectivity index (χ4n) is 2.43. The van der Waals surface area contributed by atoms with Crippen LogP contribution >= 0.6 is 0 Å². The van der Waals surface area contributed by atoms with Crippen molar-refractivity contribution in [3.05, 3.63) is 66.1 Å². The molecule has 0 aliphatic rings. The smallest absolute Gasteiger partial charge is 0.0998 e. The van der Waals surface area contributed by atoms with E-state index in [1.165, 1.54) is 0 Å². The normalized spacial score (nSPS) is 10.6. The van der Waals surface area contributed by atoms with Crippen LogP contribution in [0.15, 0.2) is 54.9 Å². The zero-order valence-electron chi connectivity index (χ0n) is 11.7. The lowest BCUT2D eigenvalue weighted by molar-refractivity contribution is 0.603. The molecule has 4 heteroatoms. The second-order valence-corrected chi connectivity index (χ2v) is 4.86. The third-order valence-electron chi connectivity index (χ3n) is 3.50. The van der Waals surface area contributed by atoms with E-state index in [2.05, 4.69) is 27.0 Å². The van der Waals surface area contributed by atoms with Crippen molar-refractivity contribution in [2.75, 3.05) is 6.54 Å². The maximum atomic E-state index is 9.11. The summed E-state index contributed by atoms with van der Waals surface area (Å²) >= 11 is 0. The fraction of sp³-hybridized carbons (Fsp3) is 0.176. The molecule has 21 heavy (non-hydrogen) atoms. The van der Waals surface area contributed by atoms with Crippen LogP contribution in [0.3, 0.4) is 0 Å². The Morgan fingerprint density at radius 2 is 2.10 bits per heavy atom. The molecule has 0 unspecified atom stereocenters. The zero-order valence-corrected chi connectivity index (χ0v) is 11.7. The minimum Gasteiger partial charge on any atom is -0.346 e. The summed E-state index contributed by atoms with van der Waals surface area (Å²) in [4.78, 5) is 4.28. The highest BCUT2D eigenvalue weighted by Crippen LogP contribution is 2.19. The highest BCUT2D eigenvalue weighted by Gasteiger charge is 2.04. The third kappa shape index (κ3) is 2.93. The van der Waals surface area contributed by atoms with Crippen LogP contribution < -0.4 is 5.32 Å². The number of nitrogens with one attached hydrogen (secondary N) is 1. The van der Waals surface area contributed by atoms with Gasteiger partial charge in [0.15, 0.2) is 0 Å². The van der Waals surface area contributed by atoms with E-state index in [0.29, 0.717) is 0 Å². The summed E-state index contributed by atoms with van der Waals surface area (Å²) in [6.45, 7) is 2.49. The Morgan fingerprint density at radius 1 is 1.14 bits per heavy atom. The first-order valence-electron chi connectivity index (χ1n) is 6.97. The number of nitrogens with zero attached hydrogens (tertiary/aromatic N) is 3. The first kappa shape index (κ1) is 13.3. The van der Waals surface area contributed by atoms with Crippen LogP contribution in [0, 0.1) is 11.3 Å². The molecule has 0 saturated carbocycles. The van der Waals surface area contributed by atoms with Gasteiger partial charge in [-0.1, -0.05) is 12.1 Å². The van der Waals surface area contributed by atoms with Crippen molar-refractivity contribution in [1.29, 1.82) is 5.26 Å². The topological polar surface area (TPSA) is 53.6 Å². The Kier molecular flexibility index (Phi) is 3.95. The molecule has 0 amide bonds. The van der Waals surface area contributed by atoms with E-state index in [-0.39, 0.29) is 0 Å². The van der Waals surface area contributed by atoms with Crippen molar-refractivity contribution in [3.63, 3.8) is 0 Å².